The number of likely N-dealkylation sites (N-methyl/N-ethyl adjacent to an activating group) is 1. The molecule has 1 unspecified atom stereocenters. The van der Waals surface area contributed by atoms with Gasteiger partial charge in [0.15, 0.2) is 0 Å². The Morgan fingerprint density at radius 3 is 2.12 bits per heavy atom. The van der Waals surface area contributed by atoms with Crippen LogP contribution in [0.1, 0.15) is 61.9 Å². The molecular formula is C27H34N2O3. The van der Waals surface area contributed by atoms with E-state index in [1.54, 1.807) is 17.0 Å². The van der Waals surface area contributed by atoms with E-state index in [1.807, 2.05) is 43.3 Å². The highest BCUT2D eigenvalue weighted by Crippen LogP contribution is 2.38. The van der Waals surface area contributed by atoms with Crippen LogP contribution in [-0.2, 0) is 9.59 Å². The number of hydrogen-bond acceptors (Lipinski definition) is 3. The van der Waals surface area contributed by atoms with Crippen molar-refractivity contribution in [1.29, 1.82) is 0 Å². The normalized spacial score (nSPS) is 18.2. The van der Waals surface area contributed by atoms with Crippen molar-refractivity contribution in [3.8, 4) is 0 Å². The molecule has 1 aliphatic rings. The van der Waals surface area contributed by atoms with Crippen LogP contribution in [0, 0.1) is 6.92 Å². The molecule has 1 heterocycles. The van der Waals surface area contributed by atoms with Crippen molar-refractivity contribution in [2.75, 3.05) is 26.2 Å². The predicted octanol–water partition coefficient (Wildman–Crippen LogP) is 2.27. The lowest BCUT2D eigenvalue weighted by atomic mass is 9.93. The first-order valence-electron chi connectivity index (χ1n) is 11.5. The number of likely N-dealkylation sites (tertiary alicyclic amines) is 1. The predicted molar refractivity (Wildman–Crippen MR) is 125 cm³/mol. The number of Topliss-reactive ketones (excluding diaryl/α,β-unsaturated/α-hetero) is 1. The summed E-state index contributed by atoms with van der Waals surface area (Å²) in [5.41, 5.74) is 3.51. The Kier molecular flexibility index (Phi) is 7.52. The molecule has 1 fully saturated rings. The van der Waals surface area contributed by atoms with Gasteiger partial charge in [-0.25, -0.2) is 0 Å². The van der Waals surface area contributed by atoms with Crippen LogP contribution < -0.4 is 10.0 Å². The molecule has 5 nitrogen and oxygen atoms in total. The first-order valence-corrected chi connectivity index (χ1v) is 11.5. The zero-order valence-electron chi connectivity index (χ0n) is 19.8. The average molecular weight is 435 g/mol. The van der Waals surface area contributed by atoms with Crippen LogP contribution in [0.15, 0.2) is 54.1 Å². The van der Waals surface area contributed by atoms with Gasteiger partial charge >= 0.3 is 0 Å². The number of quaternary nitrogens is 1. The molecule has 1 aliphatic heterocycles. The molecule has 5 heteroatoms. The van der Waals surface area contributed by atoms with Crippen molar-refractivity contribution in [1.82, 2.24) is 4.90 Å². The van der Waals surface area contributed by atoms with Crippen molar-refractivity contribution in [2.24, 2.45) is 0 Å². The van der Waals surface area contributed by atoms with Gasteiger partial charge in [0.25, 0.3) is 5.91 Å². The van der Waals surface area contributed by atoms with Gasteiger partial charge in [-0.2, -0.15) is 0 Å². The molecule has 1 atom stereocenters. The Morgan fingerprint density at radius 2 is 1.59 bits per heavy atom. The van der Waals surface area contributed by atoms with E-state index < -0.39 is 17.7 Å². The van der Waals surface area contributed by atoms with Crippen molar-refractivity contribution >= 4 is 17.4 Å². The van der Waals surface area contributed by atoms with Gasteiger partial charge in [-0.15, -0.1) is 0 Å². The van der Waals surface area contributed by atoms with Crippen molar-refractivity contribution in [2.45, 2.75) is 46.6 Å². The number of hydrogen-bond donors (Lipinski definition) is 1. The number of rotatable bonds is 8. The molecule has 2 aromatic rings. The molecule has 2 aromatic carbocycles. The van der Waals surface area contributed by atoms with Gasteiger partial charge in [0.2, 0.25) is 5.78 Å². The van der Waals surface area contributed by atoms with Crippen LogP contribution in [0.3, 0.4) is 0 Å². The highest BCUT2D eigenvalue weighted by atomic mass is 16.3. The molecule has 0 spiro atoms. The van der Waals surface area contributed by atoms with Crippen LogP contribution in [0.4, 0.5) is 0 Å². The highest BCUT2D eigenvalue weighted by molar-refractivity contribution is 6.46. The van der Waals surface area contributed by atoms with E-state index in [4.69, 9.17) is 0 Å². The molecule has 1 amide bonds. The summed E-state index contributed by atoms with van der Waals surface area (Å²) in [5, 5.41) is 13.4. The Bertz CT molecular complexity index is 987. The lowest BCUT2D eigenvalue weighted by molar-refractivity contribution is -0.895. The second-order valence-electron chi connectivity index (χ2n) is 8.87. The first kappa shape index (κ1) is 23.7. The highest BCUT2D eigenvalue weighted by Gasteiger charge is 2.44. The second-order valence-corrected chi connectivity index (χ2v) is 8.87. The minimum atomic E-state index is -0.678. The fourth-order valence-corrected chi connectivity index (χ4v) is 4.25. The quantitative estimate of drug-likeness (QED) is 0.394. The third-order valence-electron chi connectivity index (χ3n) is 6.47. The van der Waals surface area contributed by atoms with Crippen molar-refractivity contribution in [3.05, 3.63) is 76.4 Å². The Morgan fingerprint density at radius 1 is 1.00 bits per heavy atom. The largest absolute Gasteiger partial charge is 0.872 e. The number of amides is 1. The summed E-state index contributed by atoms with van der Waals surface area (Å²) in [4.78, 5) is 29.1. The van der Waals surface area contributed by atoms with Crippen LogP contribution in [0.2, 0.25) is 0 Å². The van der Waals surface area contributed by atoms with Crippen LogP contribution in [0.25, 0.3) is 5.76 Å². The molecule has 0 bridgehead atoms. The SMILES string of the molecule is CC[NH+](CC)CCN1C(=O)C(=O)/C(=C(/[O-])c2ccc(C)cc2)C1c1ccc(C(C)C)cc1. The van der Waals surface area contributed by atoms with Gasteiger partial charge < -0.3 is 14.9 Å². The summed E-state index contributed by atoms with van der Waals surface area (Å²) in [7, 11) is 0. The molecule has 32 heavy (non-hydrogen) atoms. The van der Waals surface area contributed by atoms with Gasteiger partial charge in [-0.1, -0.05) is 73.7 Å². The first-order chi connectivity index (χ1) is 15.3. The van der Waals surface area contributed by atoms with Crippen molar-refractivity contribution in [3.63, 3.8) is 0 Å². The topological polar surface area (TPSA) is 64.9 Å². The molecule has 3 rings (SSSR count). The van der Waals surface area contributed by atoms with Crippen molar-refractivity contribution < 1.29 is 19.6 Å². The number of aryl methyl sites for hydroxylation is 1. The summed E-state index contributed by atoms with van der Waals surface area (Å²) in [6.45, 7) is 13.5. The Labute approximate surface area is 191 Å². The molecule has 0 aliphatic carbocycles. The second kappa shape index (κ2) is 10.1. The summed E-state index contributed by atoms with van der Waals surface area (Å²) >= 11 is 0. The third-order valence-corrected chi connectivity index (χ3v) is 6.47. The monoisotopic (exact) mass is 434 g/mol. The zero-order chi connectivity index (χ0) is 23.4. The van der Waals surface area contributed by atoms with Gasteiger partial charge in [-0.3, -0.25) is 9.59 Å². The third kappa shape index (κ3) is 4.78. The number of ketones is 1. The fraction of sp³-hybridized carbons (Fsp3) is 0.407. The average Bonchev–Trinajstić information content (AvgIpc) is 3.04. The number of carbonyl (C=O) groups is 2. The van der Waals surface area contributed by atoms with Crippen LogP contribution in [-0.4, -0.2) is 42.8 Å². The van der Waals surface area contributed by atoms with E-state index in [2.05, 4.69) is 27.7 Å². The fourth-order valence-electron chi connectivity index (χ4n) is 4.25. The van der Waals surface area contributed by atoms with Gasteiger partial charge in [0.05, 0.1) is 32.2 Å². The standard InChI is InChI=1S/C27H34N2O3/c1-6-28(7-2)16-17-29-24(21-14-12-20(13-15-21)18(3)4)23(26(31)27(29)32)25(30)22-10-8-19(5)9-11-22/h8-15,18,24,30H,6-7,16-17H2,1-5H3/b25-23+. The van der Waals surface area contributed by atoms with E-state index in [-0.39, 0.29) is 11.3 Å². The molecule has 1 saturated heterocycles. The summed E-state index contributed by atoms with van der Waals surface area (Å²) in [6.07, 6.45) is 0. The van der Waals surface area contributed by atoms with Gasteiger partial charge in [0, 0.05) is 5.57 Å². The minimum Gasteiger partial charge on any atom is -0.872 e. The van der Waals surface area contributed by atoms with Crippen LogP contribution >= 0.6 is 0 Å². The molecule has 0 radical (unpaired) electrons. The summed E-state index contributed by atoms with van der Waals surface area (Å²) in [6, 6.07) is 14.4. The van der Waals surface area contributed by atoms with E-state index in [0.29, 0.717) is 18.0 Å². The summed E-state index contributed by atoms with van der Waals surface area (Å²) < 4.78 is 0. The molecule has 170 valence electrons. The minimum absolute atomic E-state index is 0.0608. The van der Waals surface area contributed by atoms with Crippen LogP contribution in [0.5, 0.6) is 0 Å². The maximum absolute atomic E-state index is 13.4. The number of benzene rings is 2. The molecule has 1 N–H and O–H groups in total. The molecule has 0 saturated carbocycles. The summed E-state index contributed by atoms with van der Waals surface area (Å²) in [5.74, 6) is -1.25. The smallest absolute Gasteiger partial charge is 0.295 e. The van der Waals surface area contributed by atoms with E-state index in [1.165, 1.54) is 10.5 Å². The number of nitrogens with one attached hydrogen (secondary N) is 1. The van der Waals surface area contributed by atoms with Gasteiger partial charge in [-0.05, 0) is 43.4 Å². The Balaban J connectivity index is 2.09. The lowest BCUT2D eigenvalue weighted by Gasteiger charge is -2.28. The van der Waals surface area contributed by atoms with E-state index >= 15 is 0 Å². The Hall–Kier alpha value is -2.92. The zero-order valence-corrected chi connectivity index (χ0v) is 19.8. The maximum atomic E-state index is 13.4. The van der Waals surface area contributed by atoms with E-state index in [9.17, 15) is 14.7 Å². The van der Waals surface area contributed by atoms with E-state index in [0.717, 1.165) is 30.8 Å². The van der Waals surface area contributed by atoms with Gasteiger partial charge in [0.1, 0.15) is 0 Å². The molecular weight excluding hydrogens is 400 g/mol. The maximum Gasteiger partial charge on any atom is 0.295 e. The molecule has 0 aromatic heterocycles. The number of carbonyl (C=O) groups excluding carboxylic acids is 2. The number of nitrogens with zero attached hydrogens (tertiary/aromatic N) is 1. The lowest BCUT2D eigenvalue weighted by Crippen LogP contribution is -3.12.